The number of fused-ring (bicyclic) bond motifs is 1. The number of imidazole rings is 1. The lowest BCUT2D eigenvalue weighted by molar-refractivity contribution is 0.0254. The number of amides is 1. The van der Waals surface area contributed by atoms with Gasteiger partial charge in [0.05, 0.1) is 25.0 Å². The van der Waals surface area contributed by atoms with E-state index in [4.69, 9.17) is 14.6 Å². The van der Waals surface area contributed by atoms with Crippen LogP contribution in [0.25, 0.3) is 16.9 Å². The van der Waals surface area contributed by atoms with E-state index in [1.165, 1.54) is 0 Å². The molecule has 2 aliphatic rings. The first kappa shape index (κ1) is 19.7. The Hall–Kier alpha value is -3.29. The van der Waals surface area contributed by atoms with E-state index in [-0.39, 0.29) is 18.2 Å². The third-order valence-corrected chi connectivity index (χ3v) is 6.20. The molecule has 0 radical (unpaired) electrons. The van der Waals surface area contributed by atoms with Crippen molar-refractivity contribution >= 4 is 17.6 Å². The van der Waals surface area contributed by atoms with Gasteiger partial charge in [0.15, 0.2) is 5.65 Å². The van der Waals surface area contributed by atoms with Crippen LogP contribution in [0.4, 0.5) is 10.6 Å². The Morgan fingerprint density at radius 1 is 1.16 bits per heavy atom. The number of nitrogens with one attached hydrogen (secondary N) is 1. The smallest absolute Gasteiger partial charge is 0.410 e. The van der Waals surface area contributed by atoms with Crippen molar-refractivity contribution in [3.63, 3.8) is 0 Å². The Bertz CT molecular complexity index is 1080. The molecule has 8 heteroatoms. The van der Waals surface area contributed by atoms with Crippen LogP contribution in [0.15, 0.2) is 42.6 Å². The molecule has 1 unspecified atom stereocenters. The first-order valence-electron chi connectivity index (χ1n) is 10.9. The van der Waals surface area contributed by atoms with Crippen LogP contribution in [0.3, 0.4) is 0 Å². The monoisotopic (exact) mass is 421 g/mol. The summed E-state index contributed by atoms with van der Waals surface area (Å²) in [5.41, 5.74) is 2.56. The lowest BCUT2D eigenvalue weighted by Crippen LogP contribution is -2.42. The van der Waals surface area contributed by atoms with Crippen molar-refractivity contribution in [1.29, 1.82) is 0 Å². The van der Waals surface area contributed by atoms with Crippen molar-refractivity contribution in [2.75, 3.05) is 25.5 Å². The lowest BCUT2D eigenvalue weighted by Gasteiger charge is -2.30. The molecule has 3 heterocycles. The van der Waals surface area contributed by atoms with Gasteiger partial charge < -0.3 is 19.7 Å². The highest BCUT2D eigenvalue weighted by atomic mass is 16.6. The van der Waals surface area contributed by atoms with Crippen LogP contribution >= 0.6 is 0 Å². The second-order valence-electron chi connectivity index (χ2n) is 8.14. The molecular weight excluding hydrogens is 394 g/mol. The topological polar surface area (TPSA) is 81.0 Å². The van der Waals surface area contributed by atoms with Gasteiger partial charge in [0.1, 0.15) is 17.7 Å². The number of nitrogens with zero attached hydrogens (tertiary/aromatic N) is 4. The minimum absolute atomic E-state index is 0.112. The zero-order chi connectivity index (χ0) is 21.2. The third-order valence-electron chi connectivity index (χ3n) is 6.20. The van der Waals surface area contributed by atoms with E-state index < -0.39 is 0 Å². The van der Waals surface area contributed by atoms with Gasteiger partial charge in [-0.05, 0) is 56.4 Å². The van der Waals surface area contributed by atoms with E-state index in [9.17, 15) is 4.79 Å². The van der Waals surface area contributed by atoms with Crippen LogP contribution in [0.2, 0.25) is 0 Å². The maximum absolute atomic E-state index is 12.5. The number of carbonyl (C=O) groups excluding carboxylic acids is 1. The van der Waals surface area contributed by atoms with Crippen LogP contribution in [-0.2, 0) is 4.74 Å². The largest absolute Gasteiger partial charge is 0.496 e. The second kappa shape index (κ2) is 8.45. The molecule has 31 heavy (non-hydrogen) atoms. The molecule has 1 saturated carbocycles. The predicted molar refractivity (Wildman–Crippen MR) is 117 cm³/mol. The Balaban J connectivity index is 1.31. The summed E-state index contributed by atoms with van der Waals surface area (Å²) >= 11 is 0. The average molecular weight is 422 g/mol. The van der Waals surface area contributed by atoms with Crippen molar-refractivity contribution in [3.05, 3.63) is 42.6 Å². The highest BCUT2D eigenvalue weighted by Crippen LogP contribution is 2.30. The molecule has 1 aromatic carbocycles. The van der Waals surface area contributed by atoms with Crippen molar-refractivity contribution in [1.82, 2.24) is 19.5 Å². The van der Waals surface area contributed by atoms with Crippen molar-refractivity contribution in [3.8, 4) is 17.0 Å². The van der Waals surface area contributed by atoms with Crippen LogP contribution in [0, 0.1) is 0 Å². The fourth-order valence-electron chi connectivity index (χ4n) is 4.22. The molecule has 1 aliphatic heterocycles. The molecule has 0 bridgehead atoms. The van der Waals surface area contributed by atoms with Gasteiger partial charge >= 0.3 is 6.09 Å². The summed E-state index contributed by atoms with van der Waals surface area (Å²) in [7, 11) is 1.66. The van der Waals surface area contributed by atoms with Crippen LogP contribution in [0.5, 0.6) is 5.75 Å². The molecule has 3 aromatic rings. The fourth-order valence-corrected chi connectivity index (χ4v) is 4.22. The van der Waals surface area contributed by atoms with Gasteiger partial charge in [-0.2, -0.15) is 0 Å². The van der Waals surface area contributed by atoms with E-state index in [1.807, 2.05) is 45.8 Å². The van der Waals surface area contributed by atoms with Crippen molar-refractivity contribution in [2.24, 2.45) is 0 Å². The third kappa shape index (κ3) is 3.89. The SMILES string of the molecule is COc1ccccc1-c1cnc2ccc(NCC3CCCN3C(=O)OC3CCC3)nn12. The summed E-state index contributed by atoms with van der Waals surface area (Å²) in [6.07, 6.45) is 6.84. The van der Waals surface area contributed by atoms with Gasteiger partial charge in [0, 0.05) is 18.7 Å². The fraction of sp³-hybridized carbons (Fsp3) is 0.435. The Morgan fingerprint density at radius 3 is 2.84 bits per heavy atom. The number of likely N-dealkylation sites (tertiary alicyclic amines) is 1. The number of aromatic nitrogens is 3. The molecule has 0 spiro atoms. The number of hydrogen-bond donors (Lipinski definition) is 1. The van der Waals surface area contributed by atoms with Crippen molar-refractivity contribution in [2.45, 2.75) is 44.2 Å². The lowest BCUT2D eigenvalue weighted by atomic mass is 9.96. The highest BCUT2D eigenvalue weighted by molar-refractivity contribution is 5.70. The first-order chi connectivity index (χ1) is 15.2. The molecule has 2 aromatic heterocycles. The molecule has 5 rings (SSSR count). The minimum Gasteiger partial charge on any atom is -0.496 e. The van der Waals surface area contributed by atoms with Crippen LogP contribution in [-0.4, -0.2) is 57.9 Å². The number of carbonyl (C=O) groups is 1. The number of para-hydroxylation sites is 1. The minimum atomic E-state index is -0.175. The number of rotatable bonds is 6. The molecule has 1 saturated heterocycles. The van der Waals surface area contributed by atoms with Gasteiger partial charge in [-0.15, -0.1) is 5.10 Å². The predicted octanol–water partition coefficient (Wildman–Crippen LogP) is 3.97. The first-order valence-corrected chi connectivity index (χ1v) is 10.9. The maximum Gasteiger partial charge on any atom is 0.410 e. The molecule has 1 aliphatic carbocycles. The summed E-state index contributed by atoms with van der Waals surface area (Å²) in [5, 5.41) is 8.14. The number of benzene rings is 1. The number of anilines is 1. The summed E-state index contributed by atoms with van der Waals surface area (Å²) in [4.78, 5) is 18.8. The molecule has 8 nitrogen and oxygen atoms in total. The summed E-state index contributed by atoms with van der Waals surface area (Å²) in [5.74, 6) is 1.51. The molecule has 162 valence electrons. The standard InChI is InChI=1S/C23H27N5O3/c1-30-20-10-3-2-9-18(20)19-15-25-22-12-11-21(26-28(19)22)24-14-16-6-5-13-27(16)23(29)31-17-7-4-8-17/h2-3,9-12,15-17H,4-8,13-14H2,1H3,(H,24,26). The van der Waals surface area contributed by atoms with E-state index in [0.717, 1.165) is 67.1 Å². The van der Waals surface area contributed by atoms with Crippen molar-refractivity contribution < 1.29 is 14.3 Å². The van der Waals surface area contributed by atoms with Gasteiger partial charge in [-0.25, -0.2) is 14.3 Å². The van der Waals surface area contributed by atoms with Gasteiger partial charge in [-0.3, -0.25) is 0 Å². The Morgan fingerprint density at radius 2 is 2.03 bits per heavy atom. The highest BCUT2D eigenvalue weighted by Gasteiger charge is 2.32. The summed E-state index contributed by atoms with van der Waals surface area (Å²) < 4.78 is 12.9. The maximum atomic E-state index is 12.5. The molecule has 1 amide bonds. The molecule has 2 fully saturated rings. The zero-order valence-corrected chi connectivity index (χ0v) is 17.7. The normalized spacial score (nSPS) is 18.7. The summed E-state index contributed by atoms with van der Waals surface area (Å²) in [6, 6.07) is 11.8. The van der Waals surface area contributed by atoms with Gasteiger partial charge in [0.2, 0.25) is 0 Å². The molecule has 1 atom stereocenters. The Labute approximate surface area is 181 Å². The number of hydrogen-bond acceptors (Lipinski definition) is 6. The molecule has 1 N–H and O–H groups in total. The molecular formula is C23H27N5O3. The van der Waals surface area contributed by atoms with E-state index >= 15 is 0 Å². The number of ether oxygens (including phenoxy) is 2. The Kier molecular flexibility index (Phi) is 5.36. The number of methoxy groups -OCH3 is 1. The zero-order valence-electron chi connectivity index (χ0n) is 17.7. The van der Waals surface area contributed by atoms with Crippen LogP contribution in [0.1, 0.15) is 32.1 Å². The second-order valence-corrected chi connectivity index (χ2v) is 8.14. The summed E-state index contributed by atoms with van der Waals surface area (Å²) in [6.45, 7) is 1.39. The van der Waals surface area contributed by atoms with Crippen LogP contribution < -0.4 is 10.1 Å². The van der Waals surface area contributed by atoms with E-state index in [2.05, 4.69) is 10.3 Å². The average Bonchev–Trinajstić information content (AvgIpc) is 3.41. The van der Waals surface area contributed by atoms with E-state index in [1.54, 1.807) is 13.3 Å². The van der Waals surface area contributed by atoms with E-state index in [0.29, 0.717) is 6.54 Å². The van der Waals surface area contributed by atoms with Gasteiger partial charge in [0.25, 0.3) is 0 Å². The quantitative estimate of drug-likeness (QED) is 0.649. The van der Waals surface area contributed by atoms with Gasteiger partial charge in [-0.1, -0.05) is 12.1 Å².